The van der Waals surface area contributed by atoms with Gasteiger partial charge in [0.2, 0.25) is 0 Å². The number of anilines is 1. The number of ether oxygens (including phenoxy) is 2. The SMILES string of the molecule is N#Cc1ccc(OC2CCOCC2)c(N)c1. The van der Waals surface area contributed by atoms with E-state index in [0.29, 0.717) is 17.0 Å². The van der Waals surface area contributed by atoms with Crippen molar-refractivity contribution in [2.75, 3.05) is 18.9 Å². The number of hydrogen-bond acceptors (Lipinski definition) is 4. The molecule has 1 aliphatic heterocycles. The number of benzene rings is 1. The fraction of sp³-hybridized carbons (Fsp3) is 0.417. The minimum Gasteiger partial charge on any atom is -0.488 e. The van der Waals surface area contributed by atoms with Gasteiger partial charge in [-0.15, -0.1) is 0 Å². The van der Waals surface area contributed by atoms with Gasteiger partial charge < -0.3 is 15.2 Å². The van der Waals surface area contributed by atoms with Crippen LogP contribution in [-0.4, -0.2) is 19.3 Å². The van der Waals surface area contributed by atoms with Gasteiger partial charge in [-0.3, -0.25) is 0 Å². The van der Waals surface area contributed by atoms with Crippen molar-refractivity contribution in [3.05, 3.63) is 23.8 Å². The molecule has 2 N–H and O–H groups in total. The highest BCUT2D eigenvalue weighted by Crippen LogP contribution is 2.25. The molecule has 1 fully saturated rings. The third kappa shape index (κ3) is 2.44. The van der Waals surface area contributed by atoms with Gasteiger partial charge in [-0.05, 0) is 18.2 Å². The van der Waals surface area contributed by atoms with Crippen molar-refractivity contribution in [3.8, 4) is 11.8 Å². The topological polar surface area (TPSA) is 68.3 Å². The van der Waals surface area contributed by atoms with Crippen LogP contribution in [0.3, 0.4) is 0 Å². The Kier molecular flexibility index (Phi) is 3.28. The fourth-order valence-electron chi connectivity index (χ4n) is 1.70. The molecule has 1 aromatic rings. The van der Waals surface area contributed by atoms with Crippen molar-refractivity contribution in [2.45, 2.75) is 18.9 Å². The minimum absolute atomic E-state index is 0.170. The summed E-state index contributed by atoms with van der Waals surface area (Å²) in [6.07, 6.45) is 1.95. The Labute approximate surface area is 94.6 Å². The normalized spacial score (nSPS) is 16.7. The van der Waals surface area contributed by atoms with Gasteiger partial charge in [0, 0.05) is 12.8 Å². The third-order valence-corrected chi connectivity index (χ3v) is 2.60. The first-order valence-electron chi connectivity index (χ1n) is 5.33. The van der Waals surface area contributed by atoms with Crippen LogP contribution in [0.4, 0.5) is 5.69 Å². The van der Waals surface area contributed by atoms with E-state index in [-0.39, 0.29) is 6.10 Å². The Balaban J connectivity index is 2.06. The maximum atomic E-state index is 8.71. The molecule has 16 heavy (non-hydrogen) atoms. The number of nitrogens with two attached hydrogens (primary N) is 1. The first-order valence-corrected chi connectivity index (χ1v) is 5.33. The Morgan fingerprint density at radius 3 is 2.75 bits per heavy atom. The second-order valence-corrected chi connectivity index (χ2v) is 3.79. The van der Waals surface area contributed by atoms with Crippen LogP contribution in [-0.2, 0) is 4.74 Å². The molecular formula is C12H14N2O2. The summed E-state index contributed by atoms with van der Waals surface area (Å²) in [6, 6.07) is 7.14. The zero-order valence-electron chi connectivity index (χ0n) is 8.98. The second kappa shape index (κ2) is 4.86. The van der Waals surface area contributed by atoms with Gasteiger partial charge in [0.15, 0.2) is 0 Å². The van der Waals surface area contributed by atoms with Crippen LogP contribution in [0.5, 0.6) is 5.75 Å². The van der Waals surface area contributed by atoms with Gasteiger partial charge in [-0.1, -0.05) is 0 Å². The van der Waals surface area contributed by atoms with Crippen LogP contribution in [0.25, 0.3) is 0 Å². The molecule has 0 spiro atoms. The van der Waals surface area contributed by atoms with Crippen LogP contribution in [0.1, 0.15) is 18.4 Å². The summed E-state index contributed by atoms with van der Waals surface area (Å²) in [4.78, 5) is 0. The minimum atomic E-state index is 0.170. The predicted octanol–water partition coefficient (Wildman–Crippen LogP) is 1.70. The molecule has 1 aliphatic rings. The fourth-order valence-corrected chi connectivity index (χ4v) is 1.70. The predicted molar refractivity (Wildman–Crippen MR) is 60.0 cm³/mol. The molecule has 1 saturated heterocycles. The van der Waals surface area contributed by atoms with E-state index in [1.54, 1.807) is 18.2 Å². The van der Waals surface area contributed by atoms with Crippen LogP contribution in [0.2, 0.25) is 0 Å². The molecule has 1 heterocycles. The van der Waals surface area contributed by atoms with Crippen LogP contribution < -0.4 is 10.5 Å². The highest BCUT2D eigenvalue weighted by Gasteiger charge is 2.16. The van der Waals surface area contributed by atoms with E-state index >= 15 is 0 Å². The lowest BCUT2D eigenvalue weighted by Gasteiger charge is -2.23. The lowest BCUT2D eigenvalue weighted by atomic mass is 10.1. The number of nitriles is 1. The lowest BCUT2D eigenvalue weighted by Crippen LogP contribution is -2.26. The Hall–Kier alpha value is -1.73. The number of rotatable bonds is 2. The highest BCUT2D eigenvalue weighted by molar-refractivity contribution is 5.56. The van der Waals surface area contributed by atoms with Crippen molar-refractivity contribution in [2.24, 2.45) is 0 Å². The van der Waals surface area contributed by atoms with E-state index in [2.05, 4.69) is 0 Å². The van der Waals surface area contributed by atoms with Crippen LogP contribution in [0, 0.1) is 11.3 Å². The Morgan fingerprint density at radius 1 is 1.38 bits per heavy atom. The van der Waals surface area contributed by atoms with Crippen molar-refractivity contribution in [3.63, 3.8) is 0 Å². The van der Waals surface area contributed by atoms with Gasteiger partial charge in [0.1, 0.15) is 11.9 Å². The standard InChI is InChI=1S/C12H14N2O2/c13-8-9-1-2-12(11(14)7-9)16-10-3-5-15-6-4-10/h1-2,7,10H,3-6,14H2. The quantitative estimate of drug-likeness (QED) is 0.767. The molecule has 84 valence electrons. The van der Waals surface area contributed by atoms with Crippen LogP contribution >= 0.6 is 0 Å². The molecule has 0 bridgehead atoms. The van der Waals surface area contributed by atoms with Crippen molar-refractivity contribution in [1.29, 1.82) is 5.26 Å². The number of nitrogen functional groups attached to an aromatic ring is 1. The molecule has 4 heteroatoms. The van der Waals surface area contributed by atoms with E-state index in [1.165, 1.54) is 0 Å². The molecule has 0 radical (unpaired) electrons. The van der Waals surface area contributed by atoms with Gasteiger partial charge in [0.25, 0.3) is 0 Å². The van der Waals surface area contributed by atoms with E-state index in [1.807, 2.05) is 6.07 Å². The molecule has 1 aromatic carbocycles. The van der Waals surface area contributed by atoms with E-state index < -0.39 is 0 Å². The maximum absolute atomic E-state index is 8.71. The molecular weight excluding hydrogens is 204 g/mol. The molecule has 0 atom stereocenters. The van der Waals surface area contributed by atoms with Crippen molar-refractivity contribution >= 4 is 5.69 Å². The Bertz CT molecular complexity index is 406. The summed E-state index contributed by atoms with van der Waals surface area (Å²) in [5.41, 5.74) is 6.88. The number of nitrogens with zero attached hydrogens (tertiary/aromatic N) is 1. The summed E-state index contributed by atoms with van der Waals surface area (Å²) < 4.78 is 11.0. The first-order chi connectivity index (χ1) is 7.79. The van der Waals surface area contributed by atoms with Gasteiger partial charge >= 0.3 is 0 Å². The third-order valence-electron chi connectivity index (χ3n) is 2.60. The average Bonchev–Trinajstić information content (AvgIpc) is 2.33. The summed E-state index contributed by atoms with van der Waals surface area (Å²) in [7, 11) is 0. The summed E-state index contributed by atoms with van der Waals surface area (Å²) in [5.74, 6) is 0.658. The van der Waals surface area contributed by atoms with Gasteiger partial charge in [-0.2, -0.15) is 5.26 Å². The zero-order valence-corrected chi connectivity index (χ0v) is 8.98. The van der Waals surface area contributed by atoms with E-state index in [4.69, 9.17) is 20.5 Å². The zero-order chi connectivity index (χ0) is 11.4. The summed E-state index contributed by atoms with van der Waals surface area (Å²) in [6.45, 7) is 1.47. The van der Waals surface area contributed by atoms with Crippen molar-refractivity contribution in [1.82, 2.24) is 0 Å². The van der Waals surface area contributed by atoms with Crippen LogP contribution in [0.15, 0.2) is 18.2 Å². The average molecular weight is 218 g/mol. The monoisotopic (exact) mass is 218 g/mol. The second-order valence-electron chi connectivity index (χ2n) is 3.79. The Morgan fingerprint density at radius 2 is 2.12 bits per heavy atom. The summed E-state index contributed by atoms with van der Waals surface area (Å²) >= 11 is 0. The van der Waals surface area contributed by atoms with Gasteiger partial charge in [0.05, 0.1) is 30.5 Å². The molecule has 0 amide bonds. The first kappa shape index (κ1) is 10.8. The number of hydrogen-bond donors (Lipinski definition) is 1. The van der Waals surface area contributed by atoms with E-state index in [0.717, 1.165) is 26.1 Å². The largest absolute Gasteiger partial charge is 0.488 e. The highest BCUT2D eigenvalue weighted by atomic mass is 16.5. The van der Waals surface area contributed by atoms with E-state index in [9.17, 15) is 0 Å². The van der Waals surface area contributed by atoms with Gasteiger partial charge in [-0.25, -0.2) is 0 Å². The molecule has 0 unspecified atom stereocenters. The molecule has 0 aromatic heterocycles. The maximum Gasteiger partial charge on any atom is 0.142 e. The molecule has 2 rings (SSSR count). The van der Waals surface area contributed by atoms with Crippen molar-refractivity contribution < 1.29 is 9.47 Å². The molecule has 0 aliphatic carbocycles. The molecule has 4 nitrogen and oxygen atoms in total. The molecule has 0 saturated carbocycles. The smallest absolute Gasteiger partial charge is 0.142 e. The lowest BCUT2D eigenvalue weighted by molar-refractivity contribution is 0.0258. The summed E-state index contributed by atoms with van der Waals surface area (Å²) in [5, 5.41) is 8.71.